The van der Waals surface area contributed by atoms with Crippen molar-refractivity contribution < 1.29 is 18.8 Å². The summed E-state index contributed by atoms with van der Waals surface area (Å²) in [5.74, 6) is -1.46. The second-order valence-corrected chi connectivity index (χ2v) is 6.93. The van der Waals surface area contributed by atoms with Gasteiger partial charge in [-0.25, -0.2) is 9.18 Å². The van der Waals surface area contributed by atoms with Gasteiger partial charge in [-0.05, 0) is 41.8 Å². The van der Waals surface area contributed by atoms with E-state index in [0.29, 0.717) is 10.6 Å². The Balaban J connectivity index is 1.70. The molecule has 8 heteroatoms. The molecule has 0 unspecified atom stereocenters. The van der Waals surface area contributed by atoms with Gasteiger partial charge in [0, 0.05) is 11.6 Å². The molecule has 4 amide bonds. The number of nitrogens with one attached hydrogen (secondary N) is 2. The third kappa shape index (κ3) is 3.84. The molecule has 2 aromatic rings. The summed E-state index contributed by atoms with van der Waals surface area (Å²) in [6, 6.07) is 11.7. The number of imide groups is 1. The molecule has 1 heterocycles. The number of halogens is 2. The van der Waals surface area contributed by atoms with Gasteiger partial charge in [0.25, 0.3) is 5.91 Å². The fourth-order valence-corrected chi connectivity index (χ4v) is 3.40. The van der Waals surface area contributed by atoms with E-state index in [-0.39, 0.29) is 13.0 Å². The maximum absolute atomic E-state index is 13.2. The van der Waals surface area contributed by atoms with Gasteiger partial charge in [-0.15, -0.1) is 0 Å². The number of benzene rings is 2. The Morgan fingerprint density at radius 3 is 2.57 bits per heavy atom. The molecular weight excluding hydrogens is 385 g/mol. The van der Waals surface area contributed by atoms with Crippen LogP contribution in [0.5, 0.6) is 0 Å². The molecule has 6 nitrogen and oxygen atoms in total. The number of nitrogens with zero attached hydrogens (tertiary/aromatic N) is 1. The highest BCUT2D eigenvalue weighted by Crippen LogP contribution is 2.32. The Kier molecular flexibility index (Phi) is 5.65. The summed E-state index contributed by atoms with van der Waals surface area (Å²) >= 11 is 5.91. The summed E-state index contributed by atoms with van der Waals surface area (Å²) < 4.78 is 13.2. The predicted octanol–water partition coefficient (Wildman–Crippen LogP) is 2.95. The standard InChI is InChI=1S/C20H19ClFN3O3/c1-2-20(14-6-8-16(22)9-7-14)18(27)25(19(28)24-20)12-17(26)23-11-13-4-3-5-15(21)10-13/h3-10H,2,11-12H2,1H3,(H,23,26)(H,24,28)/t20-/m1/s1. The van der Waals surface area contributed by atoms with Crippen LogP contribution < -0.4 is 10.6 Å². The quantitative estimate of drug-likeness (QED) is 0.728. The van der Waals surface area contributed by atoms with Crippen molar-refractivity contribution in [3.05, 3.63) is 70.5 Å². The summed E-state index contributed by atoms with van der Waals surface area (Å²) in [7, 11) is 0. The van der Waals surface area contributed by atoms with Gasteiger partial charge in [0.05, 0.1) is 0 Å². The summed E-state index contributed by atoms with van der Waals surface area (Å²) in [6.45, 7) is 1.55. The van der Waals surface area contributed by atoms with Crippen LogP contribution in [0, 0.1) is 5.82 Å². The Hall–Kier alpha value is -2.93. The molecule has 1 aliphatic rings. The number of carbonyl (C=O) groups excluding carboxylic acids is 3. The van der Waals surface area contributed by atoms with Crippen molar-refractivity contribution in [1.82, 2.24) is 15.5 Å². The summed E-state index contributed by atoms with van der Waals surface area (Å²) in [5.41, 5.74) is -0.0401. The topological polar surface area (TPSA) is 78.5 Å². The van der Waals surface area contributed by atoms with Crippen LogP contribution in [0.25, 0.3) is 0 Å². The van der Waals surface area contributed by atoms with Gasteiger partial charge in [-0.3, -0.25) is 14.5 Å². The zero-order chi connectivity index (χ0) is 20.3. The van der Waals surface area contributed by atoms with Crippen molar-refractivity contribution in [2.45, 2.75) is 25.4 Å². The van der Waals surface area contributed by atoms with Crippen LogP contribution in [0.1, 0.15) is 24.5 Å². The predicted molar refractivity (Wildman–Crippen MR) is 102 cm³/mol. The van der Waals surface area contributed by atoms with Crippen LogP contribution in [0.4, 0.5) is 9.18 Å². The molecule has 0 radical (unpaired) electrons. The van der Waals surface area contributed by atoms with E-state index < -0.39 is 35.7 Å². The normalized spacial score (nSPS) is 18.9. The lowest BCUT2D eigenvalue weighted by Crippen LogP contribution is -2.44. The Labute approximate surface area is 166 Å². The second-order valence-electron chi connectivity index (χ2n) is 6.49. The highest BCUT2D eigenvalue weighted by Gasteiger charge is 2.51. The molecule has 3 rings (SSSR count). The zero-order valence-corrected chi connectivity index (χ0v) is 15.9. The van der Waals surface area contributed by atoms with Crippen molar-refractivity contribution in [3.63, 3.8) is 0 Å². The van der Waals surface area contributed by atoms with E-state index in [2.05, 4.69) is 10.6 Å². The first-order chi connectivity index (χ1) is 13.4. The minimum absolute atomic E-state index is 0.222. The molecule has 146 valence electrons. The SMILES string of the molecule is CC[C@]1(c2ccc(F)cc2)NC(=O)N(CC(=O)NCc2cccc(Cl)c2)C1=O. The molecule has 0 aromatic heterocycles. The molecule has 0 aliphatic carbocycles. The number of hydrogen-bond acceptors (Lipinski definition) is 3. The lowest BCUT2D eigenvalue weighted by Gasteiger charge is -2.25. The van der Waals surface area contributed by atoms with Gasteiger partial charge in [0.15, 0.2) is 0 Å². The van der Waals surface area contributed by atoms with Gasteiger partial charge in [0.1, 0.15) is 17.9 Å². The van der Waals surface area contributed by atoms with E-state index in [1.54, 1.807) is 31.2 Å². The maximum Gasteiger partial charge on any atom is 0.325 e. The fraction of sp³-hybridized carbons (Fsp3) is 0.250. The van der Waals surface area contributed by atoms with Crippen molar-refractivity contribution in [2.75, 3.05) is 6.54 Å². The average Bonchev–Trinajstić information content (AvgIpc) is 2.92. The Bertz CT molecular complexity index is 919. The van der Waals surface area contributed by atoms with E-state index >= 15 is 0 Å². The lowest BCUT2D eigenvalue weighted by molar-refractivity contribution is -0.135. The van der Waals surface area contributed by atoms with Crippen LogP contribution in [-0.4, -0.2) is 29.3 Å². The van der Waals surface area contributed by atoms with Gasteiger partial charge >= 0.3 is 6.03 Å². The van der Waals surface area contributed by atoms with E-state index in [9.17, 15) is 18.8 Å². The first-order valence-corrected chi connectivity index (χ1v) is 9.15. The third-order valence-corrected chi connectivity index (χ3v) is 4.96. The lowest BCUT2D eigenvalue weighted by atomic mass is 9.87. The number of amides is 4. The minimum Gasteiger partial charge on any atom is -0.350 e. The number of hydrogen-bond donors (Lipinski definition) is 2. The fourth-order valence-electron chi connectivity index (χ4n) is 3.19. The highest BCUT2D eigenvalue weighted by atomic mass is 35.5. The Morgan fingerprint density at radius 2 is 1.93 bits per heavy atom. The number of carbonyl (C=O) groups is 3. The smallest absolute Gasteiger partial charge is 0.325 e. The largest absolute Gasteiger partial charge is 0.350 e. The van der Waals surface area contributed by atoms with Crippen molar-refractivity contribution in [2.24, 2.45) is 0 Å². The number of urea groups is 1. The van der Waals surface area contributed by atoms with Crippen molar-refractivity contribution >= 4 is 29.4 Å². The van der Waals surface area contributed by atoms with E-state index in [4.69, 9.17) is 11.6 Å². The second kappa shape index (κ2) is 7.98. The molecule has 1 fully saturated rings. The molecule has 0 spiro atoms. The zero-order valence-electron chi connectivity index (χ0n) is 15.2. The summed E-state index contributed by atoms with van der Waals surface area (Å²) in [4.78, 5) is 38.5. The molecule has 2 N–H and O–H groups in total. The molecule has 0 bridgehead atoms. The Morgan fingerprint density at radius 1 is 1.21 bits per heavy atom. The molecule has 1 aliphatic heterocycles. The van der Waals surface area contributed by atoms with Crippen molar-refractivity contribution in [1.29, 1.82) is 0 Å². The van der Waals surface area contributed by atoms with E-state index in [1.165, 1.54) is 24.3 Å². The van der Waals surface area contributed by atoms with Crippen LogP contribution in [0.3, 0.4) is 0 Å². The van der Waals surface area contributed by atoms with Gasteiger partial charge in [0.2, 0.25) is 5.91 Å². The van der Waals surface area contributed by atoms with Gasteiger partial charge in [-0.2, -0.15) is 0 Å². The monoisotopic (exact) mass is 403 g/mol. The van der Waals surface area contributed by atoms with Crippen LogP contribution in [0.15, 0.2) is 48.5 Å². The summed E-state index contributed by atoms with van der Waals surface area (Å²) in [5, 5.41) is 5.87. The first-order valence-electron chi connectivity index (χ1n) is 8.77. The maximum atomic E-state index is 13.2. The average molecular weight is 404 g/mol. The van der Waals surface area contributed by atoms with E-state index in [0.717, 1.165) is 10.5 Å². The first kappa shape index (κ1) is 19.8. The highest BCUT2D eigenvalue weighted by molar-refractivity contribution is 6.30. The van der Waals surface area contributed by atoms with Crippen LogP contribution in [-0.2, 0) is 21.7 Å². The van der Waals surface area contributed by atoms with Crippen LogP contribution >= 0.6 is 11.6 Å². The molecule has 1 saturated heterocycles. The molecule has 0 saturated carbocycles. The van der Waals surface area contributed by atoms with Crippen LogP contribution in [0.2, 0.25) is 5.02 Å². The molecule has 28 heavy (non-hydrogen) atoms. The number of rotatable bonds is 6. The van der Waals surface area contributed by atoms with E-state index in [1.807, 2.05) is 0 Å². The molecule has 2 aromatic carbocycles. The molecule has 1 atom stereocenters. The van der Waals surface area contributed by atoms with Crippen molar-refractivity contribution in [3.8, 4) is 0 Å². The minimum atomic E-state index is -1.31. The third-order valence-electron chi connectivity index (χ3n) is 4.72. The summed E-state index contributed by atoms with van der Waals surface area (Å²) in [6.07, 6.45) is 0.268. The van der Waals surface area contributed by atoms with Gasteiger partial charge in [-0.1, -0.05) is 42.8 Å². The van der Waals surface area contributed by atoms with Gasteiger partial charge < -0.3 is 10.6 Å². The molecular formula is C20H19ClFN3O3.